The largest absolute Gasteiger partial charge is 0.472 e. The van der Waals surface area contributed by atoms with Gasteiger partial charge in [-0.15, -0.1) is 0 Å². The first kappa shape index (κ1) is 94.1. The lowest BCUT2D eigenvalue weighted by Gasteiger charge is -2.21. The van der Waals surface area contributed by atoms with E-state index in [0.29, 0.717) is 25.7 Å². The maximum atomic E-state index is 13.1. The van der Waals surface area contributed by atoms with Crippen LogP contribution in [-0.4, -0.2) is 96.7 Å². The van der Waals surface area contributed by atoms with Crippen molar-refractivity contribution in [3.8, 4) is 0 Å². The van der Waals surface area contributed by atoms with Crippen molar-refractivity contribution < 1.29 is 80.2 Å². The highest BCUT2D eigenvalue weighted by atomic mass is 31.2. The van der Waals surface area contributed by atoms with E-state index < -0.39 is 97.5 Å². The number of unbranched alkanes of at least 4 members (excludes halogenated alkanes) is 40. The average Bonchev–Trinajstić information content (AvgIpc) is 2.04. The second-order valence-electron chi connectivity index (χ2n) is 28.5. The topological polar surface area (TPSA) is 237 Å². The van der Waals surface area contributed by atoms with Gasteiger partial charge in [0.2, 0.25) is 0 Å². The molecule has 0 saturated carbocycles. The van der Waals surface area contributed by atoms with Crippen LogP contribution in [0.15, 0.2) is 0 Å². The Morgan fingerprint density at radius 1 is 0.292 bits per heavy atom. The molecule has 5 unspecified atom stereocenters. The Hall–Kier alpha value is -1.94. The summed E-state index contributed by atoms with van der Waals surface area (Å²) in [6.07, 6.45) is 54.0. The van der Waals surface area contributed by atoms with E-state index in [2.05, 4.69) is 48.5 Å². The summed E-state index contributed by atoms with van der Waals surface area (Å²) in [5, 5.41) is 10.6. The van der Waals surface area contributed by atoms with Gasteiger partial charge in [0.05, 0.1) is 26.4 Å². The lowest BCUT2D eigenvalue weighted by atomic mass is 9.99. The molecule has 96 heavy (non-hydrogen) atoms. The van der Waals surface area contributed by atoms with Gasteiger partial charge in [-0.25, -0.2) is 9.13 Å². The zero-order valence-electron chi connectivity index (χ0n) is 62.8. The first-order valence-corrected chi connectivity index (χ1v) is 43.0. The molecule has 0 amide bonds. The number of aliphatic hydroxyl groups excluding tert-OH is 1. The minimum atomic E-state index is -4.96. The van der Waals surface area contributed by atoms with Gasteiger partial charge >= 0.3 is 39.5 Å². The summed E-state index contributed by atoms with van der Waals surface area (Å²) in [7, 11) is -9.92. The molecule has 0 spiro atoms. The third kappa shape index (κ3) is 66.6. The fourth-order valence-corrected chi connectivity index (χ4v) is 13.3. The summed E-state index contributed by atoms with van der Waals surface area (Å²) >= 11 is 0. The third-order valence-electron chi connectivity index (χ3n) is 19.0. The molecule has 0 fully saturated rings. The van der Waals surface area contributed by atoms with Crippen molar-refractivity contribution in [2.24, 2.45) is 17.8 Å². The van der Waals surface area contributed by atoms with Crippen LogP contribution in [0.2, 0.25) is 0 Å². The van der Waals surface area contributed by atoms with Gasteiger partial charge in [0.1, 0.15) is 19.3 Å². The van der Waals surface area contributed by atoms with E-state index in [1.807, 2.05) is 0 Å². The van der Waals surface area contributed by atoms with Gasteiger partial charge < -0.3 is 33.8 Å². The first-order valence-electron chi connectivity index (χ1n) is 40.0. The van der Waals surface area contributed by atoms with Gasteiger partial charge in [-0.2, -0.15) is 0 Å². The molecular formula is C77H150O17P2. The number of ether oxygens (including phenoxy) is 4. The van der Waals surface area contributed by atoms with Crippen LogP contribution in [0, 0.1) is 17.8 Å². The molecule has 0 aliphatic heterocycles. The monoisotopic (exact) mass is 1410 g/mol. The third-order valence-corrected chi connectivity index (χ3v) is 20.9. The van der Waals surface area contributed by atoms with E-state index in [1.165, 1.54) is 199 Å². The van der Waals surface area contributed by atoms with Crippen molar-refractivity contribution in [2.75, 3.05) is 39.6 Å². The summed E-state index contributed by atoms with van der Waals surface area (Å²) in [6.45, 7) is 11.9. The highest BCUT2D eigenvalue weighted by molar-refractivity contribution is 7.47. The number of carbonyl (C=O) groups is 4. The summed E-state index contributed by atoms with van der Waals surface area (Å²) in [5.41, 5.74) is 0. The molecule has 19 heteroatoms. The number of rotatable bonds is 75. The van der Waals surface area contributed by atoms with Crippen LogP contribution in [0.5, 0.6) is 0 Å². The molecule has 570 valence electrons. The van der Waals surface area contributed by atoms with Crippen LogP contribution in [0.4, 0.5) is 0 Å². The summed E-state index contributed by atoms with van der Waals surface area (Å²) in [6, 6.07) is 0. The minimum absolute atomic E-state index is 0.105. The van der Waals surface area contributed by atoms with Crippen molar-refractivity contribution in [3.05, 3.63) is 0 Å². The van der Waals surface area contributed by atoms with Gasteiger partial charge in [-0.05, 0) is 43.4 Å². The van der Waals surface area contributed by atoms with E-state index >= 15 is 0 Å². The normalized spacial score (nSPS) is 14.9. The number of esters is 4. The van der Waals surface area contributed by atoms with Crippen LogP contribution in [0.3, 0.4) is 0 Å². The highest BCUT2D eigenvalue weighted by Gasteiger charge is 2.30. The Labute approximate surface area is 588 Å². The number of aliphatic hydroxyl groups is 1. The molecule has 0 aromatic rings. The molecule has 0 heterocycles. The predicted octanol–water partition coefficient (Wildman–Crippen LogP) is 22.6. The zero-order chi connectivity index (χ0) is 70.9. The standard InChI is InChI=1S/C77H150O17P2/c1-8-12-13-14-15-16-17-18-19-20-21-22-23-24-32-37-46-53-60-76(81)93-72(64-87-74(79)58-51-44-36-31-27-25-29-34-41-48-55-68(5)9-2)66-91-95(83,84)89-62-71(78)63-90-96(85,86)92-67-73(65-88-75(80)59-52-45-40-39-43-50-57-70(7)11-4)94-77(82)61-54-47-38-33-28-26-30-35-42-49-56-69(6)10-3/h68-73,78H,8-67H2,1-7H3,(H,83,84)(H,85,86)/t68?,69?,70?,71-,72-,73-/m1/s1. The van der Waals surface area contributed by atoms with Crippen LogP contribution < -0.4 is 0 Å². The first-order chi connectivity index (χ1) is 46.3. The number of hydrogen-bond acceptors (Lipinski definition) is 15. The fourth-order valence-electron chi connectivity index (χ4n) is 11.7. The molecule has 3 N–H and O–H groups in total. The van der Waals surface area contributed by atoms with Crippen LogP contribution in [-0.2, 0) is 65.4 Å². The molecule has 0 bridgehead atoms. The van der Waals surface area contributed by atoms with E-state index in [4.69, 9.17) is 37.0 Å². The Morgan fingerprint density at radius 2 is 0.500 bits per heavy atom. The Kier molecular flexibility index (Phi) is 66.2. The Morgan fingerprint density at radius 3 is 0.740 bits per heavy atom. The van der Waals surface area contributed by atoms with Crippen molar-refractivity contribution in [3.63, 3.8) is 0 Å². The van der Waals surface area contributed by atoms with Gasteiger partial charge in [0.25, 0.3) is 0 Å². The van der Waals surface area contributed by atoms with Crippen molar-refractivity contribution >= 4 is 39.5 Å². The number of carbonyl (C=O) groups excluding carboxylic acids is 4. The summed E-state index contributed by atoms with van der Waals surface area (Å²) in [5.74, 6) is 0.226. The molecule has 0 aliphatic carbocycles. The molecule has 0 aliphatic rings. The van der Waals surface area contributed by atoms with Crippen molar-refractivity contribution in [1.29, 1.82) is 0 Å². The summed E-state index contributed by atoms with van der Waals surface area (Å²) in [4.78, 5) is 72.9. The molecule has 0 rings (SSSR count). The molecule has 17 nitrogen and oxygen atoms in total. The van der Waals surface area contributed by atoms with Gasteiger partial charge in [0, 0.05) is 25.7 Å². The van der Waals surface area contributed by atoms with Gasteiger partial charge in [-0.1, -0.05) is 344 Å². The average molecular weight is 1410 g/mol. The van der Waals surface area contributed by atoms with E-state index in [1.54, 1.807) is 0 Å². The van der Waals surface area contributed by atoms with Gasteiger partial charge in [-0.3, -0.25) is 37.3 Å². The maximum Gasteiger partial charge on any atom is 0.472 e. The second-order valence-corrected chi connectivity index (χ2v) is 31.4. The number of phosphoric ester groups is 2. The lowest BCUT2D eigenvalue weighted by Crippen LogP contribution is -2.30. The van der Waals surface area contributed by atoms with Crippen molar-refractivity contribution in [2.45, 2.75) is 414 Å². The quantitative estimate of drug-likeness (QED) is 0.0222. The smallest absolute Gasteiger partial charge is 0.462 e. The van der Waals surface area contributed by atoms with E-state index in [-0.39, 0.29) is 25.7 Å². The van der Waals surface area contributed by atoms with Crippen molar-refractivity contribution in [1.82, 2.24) is 0 Å². The predicted molar refractivity (Wildman–Crippen MR) is 391 cm³/mol. The second kappa shape index (κ2) is 67.5. The Bertz CT molecular complexity index is 1880. The van der Waals surface area contributed by atoms with Crippen LogP contribution in [0.1, 0.15) is 395 Å². The number of phosphoric acid groups is 2. The Balaban J connectivity index is 5.26. The number of hydrogen-bond donors (Lipinski definition) is 3. The van der Waals surface area contributed by atoms with E-state index in [0.717, 1.165) is 114 Å². The summed E-state index contributed by atoms with van der Waals surface area (Å²) < 4.78 is 68.6. The van der Waals surface area contributed by atoms with Crippen LogP contribution in [0.25, 0.3) is 0 Å². The molecule has 0 radical (unpaired) electrons. The SMILES string of the molecule is CCCCCCCCCCCCCCCCCCCCC(=O)O[C@H](COC(=O)CCCCCCCCCCCCC(C)CC)COP(=O)(O)OC[C@@H](O)COP(=O)(O)OC[C@@H](COC(=O)CCCCCCCCC(C)CC)OC(=O)CCCCCCCCCCCCC(C)CC. The fraction of sp³-hybridized carbons (Fsp3) is 0.948. The minimum Gasteiger partial charge on any atom is -0.462 e. The maximum absolute atomic E-state index is 13.1. The zero-order valence-corrected chi connectivity index (χ0v) is 64.6. The molecule has 0 aromatic carbocycles. The molecular weight excluding hydrogens is 1260 g/mol. The van der Waals surface area contributed by atoms with E-state index in [9.17, 15) is 43.2 Å². The van der Waals surface area contributed by atoms with Crippen LogP contribution >= 0.6 is 15.6 Å². The molecule has 0 aromatic heterocycles. The molecule has 0 saturated heterocycles. The lowest BCUT2D eigenvalue weighted by molar-refractivity contribution is -0.161. The highest BCUT2D eigenvalue weighted by Crippen LogP contribution is 2.45. The van der Waals surface area contributed by atoms with Gasteiger partial charge in [0.15, 0.2) is 12.2 Å². The molecule has 8 atom stereocenters.